The molecule has 0 spiro atoms. The van der Waals surface area contributed by atoms with Gasteiger partial charge in [0.05, 0.1) is 23.5 Å². The van der Waals surface area contributed by atoms with E-state index in [-0.39, 0.29) is 11.6 Å². The standard InChI is InChI=1S/C24H28N4/c1-18(10-9-13-19-11-5-4-6-12-19)20-17-26-28-23(20)27-22(16-24(28,2)3)21-14-7-8-15-25-21/h4-8,11-12,14-15,17,22,27H,1,9-10,13,16H2,2-3H3. The number of pyridine rings is 1. The highest BCUT2D eigenvalue weighted by atomic mass is 15.4. The molecule has 144 valence electrons. The van der Waals surface area contributed by atoms with Gasteiger partial charge in [0.1, 0.15) is 5.82 Å². The van der Waals surface area contributed by atoms with Gasteiger partial charge >= 0.3 is 0 Å². The van der Waals surface area contributed by atoms with Gasteiger partial charge in [0.15, 0.2) is 0 Å². The minimum absolute atomic E-state index is 0.0780. The van der Waals surface area contributed by atoms with Crippen molar-refractivity contribution in [2.24, 2.45) is 0 Å². The van der Waals surface area contributed by atoms with Gasteiger partial charge in [0, 0.05) is 11.8 Å². The van der Waals surface area contributed by atoms with Crippen molar-refractivity contribution in [3.05, 3.63) is 84.3 Å². The average molecular weight is 373 g/mol. The van der Waals surface area contributed by atoms with Crippen LogP contribution in [0.1, 0.15) is 56.0 Å². The molecule has 1 atom stereocenters. The minimum Gasteiger partial charge on any atom is -0.361 e. The van der Waals surface area contributed by atoms with E-state index in [2.05, 4.69) is 71.8 Å². The van der Waals surface area contributed by atoms with Crippen LogP contribution < -0.4 is 5.32 Å². The molecular weight excluding hydrogens is 344 g/mol. The van der Waals surface area contributed by atoms with Gasteiger partial charge in [-0.2, -0.15) is 5.10 Å². The molecule has 4 nitrogen and oxygen atoms in total. The lowest BCUT2D eigenvalue weighted by Gasteiger charge is -2.38. The Hall–Kier alpha value is -2.88. The Balaban J connectivity index is 1.51. The first-order valence-electron chi connectivity index (χ1n) is 10.0. The van der Waals surface area contributed by atoms with Crippen LogP contribution in [0.4, 0.5) is 5.82 Å². The molecule has 1 N–H and O–H groups in total. The lowest BCUT2D eigenvalue weighted by atomic mass is 9.90. The first-order valence-corrected chi connectivity index (χ1v) is 10.0. The maximum atomic E-state index is 4.70. The number of hydrogen-bond donors (Lipinski definition) is 1. The van der Waals surface area contributed by atoms with Crippen molar-refractivity contribution in [1.29, 1.82) is 0 Å². The van der Waals surface area contributed by atoms with Crippen LogP contribution in [0.15, 0.2) is 67.5 Å². The number of aromatic nitrogens is 3. The summed E-state index contributed by atoms with van der Waals surface area (Å²) in [4.78, 5) is 4.57. The monoisotopic (exact) mass is 372 g/mol. The predicted molar refractivity (Wildman–Crippen MR) is 115 cm³/mol. The SMILES string of the molecule is C=C(CCCc1ccccc1)c1cnn2c1NC(c1ccccn1)CC2(C)C. The molecule has 0 saturated carbocycles. The van der Waals surface area contributed by atoms with Gasteiger partial charge in [-0.05, 0) is 62.8 Å². The van der Waals surface area contributed by atoms with Gasteiger partial charge in [-0.15, -0.1) is 0 Å². The van der Waals surface area contributed by atoms with Crippen LogP contribution in [0.25, 0.3) is 5.57 Å². The van der Waals surface area contributed by atoms with Crippen molar-refractivity contribution in [3.8, 4) is 0 Å². The van der Waals surface area contributed by atoms with Crippen LogP contribution in [0.2, 0.25) is 0 Å². The number of anilines is 1. The fourth-order valence-corrected chi connectivity index (χ4v) is 4.05. The molecule has 1 unspecified atom stereocenters. The van der Waals surface area contributed by atoms with Crippen molar-refractivity contribution in [1.82, 2.24) is 14.8 Å². The summed E-state index contributed by atoms with van der Waals surface area (Å²) >= 11 is 0. The topological polar surface area (TPSA) is 42.7 Å². The van der Waals surface area contributed by atoms with Gasteiger partial charge in [0.2, 0.25) is 0 Å². The van der Waals surface area contributed by atoms with Crippen molar-refractivity contribution in [2.45, 2.75) is 51.1 Å². The van der Waals surface area contributed by atoms with Gasteiger partial charge in [-0.1, -0.05) is 43.0 Å². The predicted octanol–water partition coefficient (Wildman–Crippen LogP) is 5.61. The molecule has 1 aromatic carbocycles. The smallest absolute Gasteiger partial charge is 0.133 e. The van der Waals surface area contributed by atoms with Crippen LogP contribution in [0.3, 0.4) is 0 Å². The Morgan fingerprint density at radius 1 is 1.18 bits per heavy atom. The number of nitrogens with zero attached hydrogens (tertiary/aromatic N) is 3. The van der Waals surface area contributed by atoms with E-state index >= 15 is 0 Å². The minimum atomic E-state index is -0.0780. The Morgan fingerprint density at radius 2 is 1.96 bits per heavy atom. The summed E-state index contributed by atoms with van der Waals surface area (Å²) < 4.78 is 2.12. The highest BCUT2D eigenvalue weighted by Gasteiger charge is 2.36. The summed E-state index contributed by atoms with van der Waals surface area (Å²) in [6.45, 7) is 8.85. The second-order valence-electron chi connectivity index (χ2n) is 8.23. The number of allylic oxidation sites excluding steroid dienone is 1. The van der Waals surface area contributed by atoms with Crippen LogP contribution in [-0.2, 0) is 12.0 Å². The van der Waals surface area contributed by atoms with E-state index in [1.807, 2.05) is 24.5 Å². The van der Waals surface area contributed by atoms with Crippen molar-refractivity contribution >= 4 is 11.4 Å². The van der Waals surface area contributed by atoms with E-state index in [0.29, 0.717) is 0 Å². The van der Waals surface area contributed by atoms with Crippen molar-refractivity contribution < 1.29 is 0 Å². The van der Waals surface area contributed by atoms with Crippen LogP contribution >= 0.6 is 0 Å². The number of benzene rings is 1. The number of nitrogens with one attached hydrogen (secondary N) is 1. The van der Waals surface area contributed by atoms with Gasteiger partial charge < -0.3 is 5.32 Å². The Morgan fingerprint density at radius 3 is 2.71 bits per heavy atom. The fraction of sp³-hybridized carbons (Fsp3) is 0.333. The normalized spacial score (nSPS) is 17.6. The molecule has 4 rings (SSSR count). The molecule has 28 heavy (non-hydrogen) atoms. The summed E-state index contributed by atoms with van der Waals surface area (Å²) in [5.74, 6) is 1.07. The summed E-state index contributed by atoms with van der Waals surface area (Å²) in [5.41, 5.74) is 4.64. The quantitative estimate of drug-likeness (QED) is 0.612. The lowest BCUT2D eigenvalue weighted by molar-refractivity contribution is 0.262. The second-order valence-corrected chi connectivity index (χ2v) is 8.23. The maximum absolute atomic E-state index is 4.70. The summed E-state index contributed by atoms with van der Waals surface area (Å²) in [5, 5.41) is 8.38. The summed E-state index contributed by atoms with van der Waals surface area (Å²) in [6, 6.07) is 16.9. The molecule has 1 aliphatic rings. The zero-order valence-corrected chi connectivity index (χ0v) is 16.7. The maximum Gasteiger partial charge on any atom is 0.133 e. The van der Waals surface area contributed by atoms with Crippen LogP contribution in [-0.4, -0.2) is 14.8 Å². The van der Waals surface area contributed by atoms with E-state index in [0.717, 1.165) is 48.3 Å². The lowest BCUT2D eigenvalue weighted by Crippen LogP contribution is -2.38. The summed E-state index contributed by atoms with van der Waals surface area (Å²) in [6.07, 6.45) is 7.89. The second kappa shape index (κ2) is 7.63. The molecule has 4 heteroatoms. The molecule has 0 amide bonds. The van der Waals surface area contributed by atoms with E-state index in [9.17, 15) is 0 Å². The molecular formula is C24H28N4. The first kappa shape index (κ1) is 18.5. The average Bonchev–Trinajstić information content (AvgIpc) is 3.14. The third-order valence-corrected chi connectivity index (χ3v) is 5.57. The Kier molecular flexibility index (Phi) is 5.03. The third-order valence-electron chi connectivity index (χ3n) is 5.57. The number of hydrogen-bond acceptors (Lipinski definition) is 3. The van der Waals surface area contributed by atoms with Gasteiger partial charge in [0.25, 0.3) is 0 Å². The summed E-state index contributed by atoms with van der Waals surface area (Å²) in [7, 11) is 0. The number of rotatable bonds is 6. The van der Waals surface area contributed by atoms with Crippen LogP contribution in [0, 0.1) is 0 Å². The third kappa shape index (κ3) is 3.72. The molecule has 0 bridgehead atoms. The molecule has 3 aromatic rings. The molecule has 0 fully saturated rings. The van der Waals surface area contributed by atoms with Crippen molar-refractivity contribution in [3.63, 3.8) is 0 Å². The van der Waals surface area contributed by atoms with E-state index in [1.54, 1.807) is 0 Å². The Labute approximate surface area is 167 Å². The molecule has 0 saturated heterocycles. The molecule has 0 radical (unpaired) electrons. The number of aryl methyl sites for hydroxylation is 1. The highest BCUT2D eigenvalue weighted by Crippen LogP contribution is 2.41. The molecule has 2 aromatic heterocycles. The van der Waals surface area contributed by atoms with E-state index in [4.69, 9.17) is 5.10 Å². The molecule has 3 heterocycles. The van der Waals surface area contributed by atoms with Crippen molar-refractivity contribution in [2.75, 3.05) is 5.32 Å². The first-order chi connectivity index (χ1) is 13.5. The van der Waals surface area contributed by atoms with Crippen LogP contribution in [0.5, 0.6) is 0 Å². The van der Waals surface area contributed by atoms with E-state index in [1.165, 1.54) is 5.56 Å². The highest BCUT2D eigenvalue weighted by molar-refractivity contribution is 5.73. The number of fused-ring (bicyclic) bond motifs is 1. The van der Waals surface area contributed by atoms with Gasteiger partial charge in [-0.3, -0.25) is 4.98 Å². The fourth-order valence-electron chi connectivity index (χ4n) is 4.05. The van der Waals surface area contributed by atoms with Gasteiger partial charge in [-0.25, -0.2) is 4.68 Å². The molecule has 1 aliphatic heterocycles. The van der Waals surface area contributed by atoms with E-state index < -0.39 is 0 Å². The largest absolute Gasteiger partial charge is 0.361 e. The zero-order valence-electron chi connectivity index (χ0n) is 16.7. The Bertz CT molecular complexity index is 941. The molecule has 0 aliphatic carbocycles. The zero-order chi connectivity index (χ0) is 19.6.